The van der Waals surface area contributed by atoms with Crippen molar-refractivity contribution in [3.05, 3.63) is 71.4 Å². The van der Waals surface area contributed by atoms with Gasteiger partial charge in [-0.3, -0.25) is 0 Å². The fraction of sp³-hybridized carbons (Fsp3) is 0.118. The number of aromatic nitrogens is 1. The zero-order valence-electron chi connectivity index (χ0n) is 11.8. The molecule has 0 aliphatic carbocycles. The van der Waals surface area contributed by atoms with Crippen molar-refractivity contribution in [1.82, 2.24) is 4.57 Å². The van der Waals surface area contributed by atoms with Gasteiger partial charge in [0.15, 0.2) is 5.84 Å². The molecule has 3 aromatic rings. The van der Waals surface area contributed by atoms with Gasteiger partial charge in [-0.2, -0.15) is 0 Å². The quantitative estimate of drug-likeness (QED) is 0.335. The average Bonchev–Trinajstić information content (AvgIpc) is 2.90. The summed E-state index contributed by atoms with van der Waals surface area (Å²) in [6, 6.07) is 16.3. The average molecular weight is 279 g/mol. The number of hydrogen-bond donors (Lipinski definition) is 2. The fourth-order valence-electron chi connectivity index (χ4n) is 2.65. The van der Waals surface area contributed by atoms with Crippen LogP contribution in [0.4, 0.5) is 0 Å². The Kier molecular flexibility index (Phi) is 3.36. The number of benzene rings is 2. The van der Waals surface area contributed by atoms with E-state index in [1.807, 2.05) is 30.5 Å². The molecule has 2 aromatic carbocycles. The van der Waals surface area contributed by atoms with Gasteiger partial charge in [0, 0.05) is 29.2 Å². The lowest BCUT2D eigenvalue weighted by Gasteiger charge is -2.08. The Bertz CT molecular complexity index is 818. The van der Waals surface area contributed by atoms with Crippen molar-refractivity contribution in [3.8, 4) is 0 Å². The second kappa shape index (κ2) is 5.32. The standard InChI is InChI=1S/C17H17N3O/c1-12-4-2-5-13(10-12)11-20-9-8-14-15(17(18)19-21)6-3-7-16(14)20/h2-10,21H,11H2,1H3,(H2,18,19). The molecular formula is C17H17N3O. The molecule has 0 aliphatic heterocycles. The molecule has 0 saturated carbocycles. The summed E-state index contributed by atoms with van der Waals surface area (Å²) in [6.07, 6.45) is 2.03. The summed E-state index contributed by atoms with van der Waals surface area (Å²) in [6.45, 7) is 2.89. The summed E-state index contributed by atoms with van der Waals surface area (Å²) in [5.74, 6) is 0.133. The van der Waals surface area contributed by atoms with Crippen LogP contribution in [-0.2, 0) is 6.54 Å². The Hall–Kier alpha value is -2.75. The van der Waals surface area contributed by atoms with Gasteiger partial charge in [0.2, 0.25) is 0 Å². The summed E-state index contributed by atoms with van der Waals surface area (Å²) in [5, 5.41) is 13.0. The van der Waals surface area contributed by atoms with E-state index in [1.165, 1.54) is 11.1 Å². The van der Waals surface area contributed by atoms with Crippen molar-refractivity contribution in [2.24, 2.45) is 10.9 Å². The van der Waals surface area contributed by atoms with Crippen LogP contribution in [0.15, 0.2) is 59.9 Å². The van der Waals surface area contributed by atoms with Gasteiger partial charge < -0.3 is 15.5 Å². The molecule has 0 amide bonds. The number of hydrogen-bond acceptors (Lipinski definition) is 2. The fourth-order valence-corrected chi connectivity index (χ4v) is 2.65. The lowest BCUT2D eigenvalue weighted by molar-refractivity contribution is 0.318. The van der Waals surface area contributed by atoms with E-state index in [1.54, 1.807) is 0 Å². The Morgan fingerprint density at radius 1 is 1.19 bits per heavy atom. The maximum atomic E-state index is 8.88. The van der Waals surface area contributed by atoms with Crippen molar-refractivity contribution in [2.75, 3.05) is 0 Å². The highest BCUT2D eigenvalue weighted by Crippen LogP contribution is 2.21. The van der Waals surface area contributed by atoms with E-state index in [9.17, 15) is 0 Å². The number of fused-ring (bicyclic) bond motifs is 1. The third-order valence-electron chi connectivity index (χ3n) is 3.63. The lowest BCUT2D eigenvalue weighted by Crippen LogP contribution is -2.13. The van der Waals surface area contributed by atoms with Crippen LogP contribution >= 0.6 is 0 Å². The maximum Gasteiger partial charge on any atom is 0.170 e. The molecule has 0 bridgehead atoms. The zero-order chi connectivity index (χ0) is 14.8. The molecule has 0 saturated heterocycles. The SMILES string of the molecule is Cc1cccc(Cn2ccc3c(/C(N)=N/O)cccc32)c1. The molecule has 0 radical (unpaired) electrons. The van der Waals surface area contributed by atoms with Crippen LogP contribution in [0.5, 0.6) is 0 Å². The van der Waals surface area contributed by atoms with Crippen molar-refractivity contribution in [1.29, 1.82) is 0 Å². The first kappa shape index (κ1) is 13.2. The number of nitrogens with two attached hydrogens (primary N) is 1. The largest absolute Gasteiger partial charge is 0.409 e. The Labute approximate surface area is 123 Å². The molecule has 3 N–H and O–H groups in total. The summed E-state index contributed by atoms with van der Waals surface area (Å²) < 4.78 is 2.16. The van der Waals surface area contributed by atoms with Gasteiger partial charge in [-0.25, -0.2) is 0 Å². The summed E-state index contributed by atoms with van der Waals surface area (Å²) in [7, 11) is 0. The first-order valence-electron chi connectivity index (χ1n) is 6.80. The smallest absolute Gasteiger partial charge is 0.170 e. The van der Waals surface area contributed by atoms with Crippen molar-refractivity contribution in [3.63, 3.8) is 0 Å². The Balaban J connectivity index is 2.05. The highest BCUT2D eigenvalue weighted by atomic mass is 16.4. The minimum absolute atomic E-state index is 0.133. The van der Waals surface area contributed by atoms with Gasteiger partial charge in [-0.15, -0.1) is 0 Å². The Morgan fingerprint density at radius 2 is 2.00 bits per heavy atom. The minimum atomic E-state index is 0.133. The molecule has 21 heavy (non-hydrogen) atoms. The molecule has 4 nitrogen and oxygen atoms in total. The molecule has 3 rings (SSSR count). The minimum Gasteiger partial charge on any atom is -0.409 e. The molecule has 0 aliphatic rings. The van der Waals surface area contributed by atoms with Crippen LogP contribution in [0.25, 0.3) is 10.9 Å². The molecule has 0 atom stereocenters. The lowest BCUT2D eigenvalue weighted by atomic mass is 10.1. The van der Waals surface area contributed by atoms with Gasteiger partial charge in [0.1, 0.15) is 0 Å². The van der Waals surface area contributed by atoms with E-state index in [0.717, 1.165) is 23.0 Å². The number of nitrogens with zero attached hydrogens (tertiary/aromatic N) is 2. The van der Waals surface area contributed by atoms with Gasteiger partial charge >= 0.3 is 0 Å². The zero-order valence-corrected chi connectivity index (χ0v) is 11.8. The first-order valence-corrected chi connectivity index (χ1v) is 6.80. The summed E-state index contributed by atoms with van der Waals surface area (Å²) in [5.41, 5.74) is 10.1. The van der Waals surface area contributed by atoms with Gasteiger partial charge in [0.05, 0.1) is 0 Å². The second-order valence-electron chi connectivity index (χ2n) is 5.16. The highest BCUT2D eigenvalue weighted by molar-refractivity contribution is 6.08. The monoisotopic (exact) mass is 279 g/mol. The highest BCUT2D eigenvalue weighted by Gasteiger charge is 2.09. The van der Waals surface area contributed by atoms with Crippen LogP contribution in [0.3, 0.4) is 0 Å². The number of aryl methyl sites for hydroxylation is 1. The predicted octanol–water partition coefficient (Wildman–Crippen LogP) is 3.09. The van der Waals surface area contributed by atoms with Gasteiger partial charge in [0.25, 0.3) is 0 Å². The normalized spacial score (nSPS) is 12.0. The third kappa shape index (κ3) is 2.48. The molecule has 1 aromatic heterocycles. The van der Waals surface area contributed by atoms with Crippen molar-refractivity contribution in [2.45, 2.75) is 13.5 Å². The molecule has 4 heteroatoms. The second-order valence-corrected chi connectivity index (χ2v) is 5.16. The van der Waals surface area contributed by atoms with E-state index in [-0.39, 0.29) is 5.84 Å². The predicted molar refractivity (Wildman–Crippen MR) is 84.7 cm³/mol. The molecule has 0 spiro atoms. The molecule has 106 valence electrons. The van der Waals surface area contributed by atoms with Crippen LogP contribution in [-0.4, -0.2) is 15.6 Å². The van der Waals surface area contributed by atoms with E-state index < -0.39 is 0 Å². The number of rotatable bonds is 3. The van der Waals surface area contributed by atoms with Crippen LogP contribution in [0.1, 0.15) is 16.7 Å². The van der Waals surface area contributed by atoms with Crippen LogP contribution < -0.4 is 5.73 Å². The van der Waals surface area contributed by atoms with E-state index in [2.05, 4.69) is 40.9 Å². The topological polar surface area (TPSA) is 63.5 Å². The third-order valence-corrected chi connectivity index (χ3v) is 3.63. The summed E-state index contributed by atoms with van der Waals surface area (Å²) >= 11 is 0. The van der Waals surface area contributed by atoms with Crippen LogP contribution in [0.2, 0.25) is 0 Å². The maximum absolute atomic E-state index is 8.88. The van der Waals surface area contributed by atoms with E-state index in [0.29, 0.717) is 0 Å². The summed E-state index contributed by atoms with van der Waals surface area (Å²) in [4.78, 5) is 0. The number of amidine groups is 1. The van der Waals surface area contributed by atoms with E-state index >= 15 is 0 Å². The molecule has 1 heterocycles. The first-order chi connectivity index (χ1) is 10.2. The molecule has 0 unspecified atom stereocenters. The van der Waals surface area contributed by atoms with Gasteiger partial charge in [-0.05, 0) is 24.6 Å². The van der Waals surface area contributed by atoms with E-state index in [4.69, 9.17) is 10.9 Å². The molecule has 0 fully saturated rings. The number of oxime groups is 1. The van der Waals surface area contributed by atoms with Gasteiger partial charge in [-0.1, -0.05) is 47.1 Å². The Morgan fingerprint density at radius 3 is 2.76 bits per heavy atom. The van der Waals surface area contributed by atoms with Crippen molar-refractivity contribution < 1.29 is 5.21 Å². The van der Waals surface area contributed by atoms with Crippen LogP contribution in [0, 0.1) is 6.92 Å². The molecular weight excluding hydrogens is 262 g/mol. The van der Waals surface area contributed by atoms with Crippen molar-refractivity contribution >= 4 is 16.7 Å².